The molecule has 92 valence electrons. The lowest BCUT2D eigenvalue weighted by Gasteiger charge is -2.16. The summed E-state index contributed by atoms with van der Waals surface area (Å²) < 4.78 is 27.6. The molecule has 1 unspecified atom stereocenters. The second-order valence-corrected chi connectivity index (χ2v) is 7.52. The predicted molar refractivity (Wildman–Crippen MR) is 61.6 cm³/mol. The fourth-order valence-corrected chi connectivity index (χ4v) is 3.93. The maximum Gasteiger partial charge on any atom is 0.390 e. The normalized spacial score (nSPS) is 14.0. The summed E-state index contributed by atoms with van der Waals surface area (Å²) in [5.74, 6) is 0.502. The van der Waals surface area contributed by atoms with Crippen molar-refractivity contribution in [2.75, 3.05) is 14.2 Å². The van der Waals surface area contributed by atoms with Gasteiger partial charge in [0.1, 0.15) is 11.1 Å². The smallest absolute Gasteiger partial charge is 0.380 e. The van der Waals surface area contributed by atoms with Crippen molar-refractivity contribution in [3.05, 3.63) is 22.2 Å². The van der Waals surface area contributed by atoms with Gasteiger partial charge >= 0.3 is 6.80 Å². The van der Waals surface area contributed by atoms with Gasteiger partial charge in [0.15, 0.2) is 0 Å². The Hall–Kier alpha value is -0.490. The van der Waals surface area contributed by atoms with Crippen LogP contribution in [0.4, 0.5) is 0 Å². The molecule has 0 fully saturated rings. The molecule has 0 amide bonds. The van der Waals surface area contributed by atoms with Crippen LogP contribution in [-0.2, 0) is 13.6 Å². The van der Waals surface area contributed by atoms with E-state index in [0.29, 0.717) is 5.76 Å². The quantitative estimate of drug-likeness (QED) is 0.763. The van der Waals surface area contributed by atoms with Crippen LogP contribution in [0.5, 0.6) is 0 Å². The third-order valence-electron chi connectivity index (χ3n) is 1.85. The molecule has 8 heteroatoms. The molecule has 1 heterocycles. The van der Waals surface area contributed by atoms with Crippen LogP contribution in [0.3, 0.4) is 0 Å². The summed E-state index contributed by atoms with van der Waals surface area (Å²) in [6, 6.07) is 1.36. The molecular weight excluding hydrogens is 253 g/mol. The van der Waals surface area contributed by atoms with Crippen molar-refractivity contribution < 1.29 is 18.1 Å². The first-order chi connectivity index (χ1) is 7.41. The molecule has 0 saturated heterocycles. The zero-order valence-electron chi connectivity index (χ0n) is 9.50. The third kappa shape index (κ3) is 3.01. The molecule has 0 aliphatic carbocycles. The van der Waals surface area contributed by atoms with Crippen molar-refractivity contribution in [3.8, 4) is 0 Å². The molecule has 0 aliphatic rings. The van der Waals surface area contributed by atoms with E-state index in [1.807, 2.05) is 0 Å². The molecule has 0 saturated carbocycles. The summed E-state index contributed by atoms with van der Waals surface area (Å²) >= 11 is 0.908. The van der Waals surface area contributed by atoms with Crippen LogP contribution in [0.1, 0.15) is 18.1 Å². The first-order valence-electron chi connectivity index (χ1n) is 4.51. The van der Waals surface area contributed by atoms with E-state index in [1.54, 1.807) is 13.8 Å². The minimum atomic E-state index is -3.22. The van der Waals surface area contributed by atoms with Crippen molar-refractivity contribution in [2.24, 2.45) is 0 Å². The van der Waals surface area contributed by atoms with E-state index in [0.717, 1.165) is 16.1 Å². The van der Waals surface area contributed by atoms with E-state index < -0.39 is 12.2 Å². The van der Waals surface area contributed by atoms with Gasteiger partial charge in [-0.25, -0.2) is 4.57 Å². The van der Waals surface area contributed by atoms with Crippen LogP contribution in [0.2, 0.25) is 0 Å². The molecule has 16 heavy (non-hydrogen) atoms. The summed E-state index contributed by atoms with van der Waals surface area (Å²) in [4.78, 5) is 11.4. The van der Waals surface area contributed by atoms with Gasteiger partial charge in [-0.05, 0) is 25.2 Å². The Bertz CT molecular complexity index is 446. The highest BCUT2D eigenvalue weighted by atomic mass is 32.7. The minimum Gasteiger partial charge on any atom is -0.380 e. The highest BCUT2D eigenvalue weighted by Gasteiger charge is 2.28. The van der Waals surface area contributed by atoms with Crippen LogP contribution >= 0.6 is 18.2 Å². The summed E-state index contributed by atoms with van der Waals surface area (Å²) in [6.07, 6.45) is 0. The largest absolute Gasteiger partial charge is 0.390 e. The third-order valence-corrected chi connectivity index (χ3v) is 6.08. The molecule has 0 aromatic carbocycles. The number of aryl methyl sites for hydroxylation is 1. The van der Waals surface area contributed by atoms with E-state index in [9.17, 15) is 9.36 Å². The molecule has 1 rings (SSSR count). The fraction of sp³-hybridized carbons (Fsp3) is 0.625. The Kier molecular flexibility index (Phi) is 4.43. The van der Waals surface area contributed by atoms with Crippen LogP contribution in [0.15, 0.2) is 15.4 Å². The van der Waals surface area contributed by atoms with Gasteiger partial charge in [-0.2, -0.15) is 4.74 Å². The molecule has 6 nitrogen and oxygen atoms in total. The van der Waals surface area contributed by atoms with Crippen LogP contribution < -0.4 is 5.56 Å². The van der Waals surface area contributed by atoms with E-state index >= 15 is 0 Å². The van der Waals surface area contributed by atoms with E-state index in [-0.39, 0.29) is 5.56 Å². The number of aromatic nitrogens is 1. The van der Waals surface area contributed by atoms with Crippen molar-refractivity contribution in [1.82, 2.24) is 4.74 Å². The van der Waals surface area contributed by atoms with E-state index in [1.165, 1.54) is 20.3 Å². The van der Waals surface area contributed by atoms with Crippen molar-refractivity contribution >= 4 is 18.2 Å². The molecule has 0 N–H and O–H groups in total. The Morgan fingerprint density at radius 2 is 2.06 bits per heavy atom. The molecule has 0 aliphatic heterocycles. The first-order valence-corrected chi connectivity index (χ1v) is 7.54. The van der Waals surface area contributed by atoms with Gasteiger partial charge in [0.25, 0.3) is 5.56 Å². The molecule has 1 aromatic rings. The van der Waals surface area contributed by atoms with Crippen LogP contribution in [0.25, 0.3) is 0 Å². The molecular formula is C8H14NO5PS. The lowest BCUT2D eigenvalue weighted by atomic mass is 10.5. The molecule has 0 bridgehead atoms. The zero-order chi connectivity index (χ0) is 12.3. The van der Waals surface area contributed by atoms with Crippen LogP contribution in [0, 0.1) is 6.92 Å². The second kappa shape index (κ2) is 5.23. The van der Waals surface area contributed by atoms with E-state index in [4.69, 9.17) is 13.6 Å². The summed E-state index contributed by atoms with van der Waals surface area (Å²) in [5, 5.41) is -0.466. The van der Waals surface area contributed by atoms with E-state index in [2.05, 4.69) is 0 Å². The average Bonchev–Trinajstić information content (AvgIpc) is 2.57. The van der Waals surface area contributed by atoms with Crippen molar-refractivity contribution in [2.45, 2.75) is 19.2 Å². The lowest BCUT2D eigenvalue weighted by molar-refractivity contribution is 0.251. The monoisotopic (exact) mass is 267 g/mol. The summed E-state index contributed by atoms with van der Waals surface area (Å²) in [7, 11) is 2.58. The number of hydrogen-bond donors (Lipinski definition) is 0. The Balaban J connectivity index is 2.88. The SMILES string of the molecule is COP(=O)(OC)SC(C)n1oc(C)cc1=O. The maximum atomic E-state index is 11.8. The molecule has 1 aromatic heterocycles. The number of hydrogen-bond acceptors (Lipinski definition) is 6. The summed E-state index contributed by atoms with van der Waals surface area (Å²) in [6.45, 7) is 0.132. The Morgan fingerprint density at radius 3 is 2.44 bits per heavy atom. The van der Waals surface area contributed by atoms with Gasteiger partial charge in [0.2, 0.25) is 0 Å². The number of rotatable bonds is 5. The Morgan fingerprint density at radius 1 is 1.50 bits per heavy atom. The topological polar surface area (TPSA) is 70.7 Å². The number of nitrogens with zero attached hydrogens (tertiary/aromatic N) is 1. The Labute approximate surface area is 97.2 Å². The average molecular weight is 267 g/mol. The van der Waals surface area contributed by atoms with Gasteiger partial charge in [0.05, 0.1) is 0 Å². The summed E-state index contributed by atoms with van der Waals surface area (Å²) in [5.41, 5.74) is -0.281. The van der Waals surface area contributed by atoms with Gasteiger partial charge in [-0.3, -0.25) is 4.79 Å². The molecule has 1 atom stereocenters. The van der Waals surface area contributed by atoms with Crippen molar-refractivity contribution in [3.63, 3.8) is 0 Å². The standard InChI is InChI=1S/C8H14NO5PS/c1-6-5-8(10)9(14-6)7(2)16-15(11,12-3)13-4/h5,7H,1-4H3. The van der Waals surface area contributed by atoms with Gasteiger partial charge in [-0.1, -0.05) is 0 Å². The van der Waals surface area contributed by atoms with Gasteiger partial charge < -0.3 is 13.6 Å². The second-order valence-electron chi connectivity index (χ2n) is 3.03. The highest BCUT2D eigenvalue weighted by Crippen LogP contribution is 2.63. The van der Waals surface area contributed by atoms with Crippen LogP contribution in [-0.4, -0.2) is 19.0 Å². The lowest BCUT2D eigenvalue weighted by Crippen LogP contribution is -2.15. The minimum absolute atomic E-state index is 0.281. The molecule has 0 spiro atoms. The maximum absolute atomic E-state index is 11.8. The van der Waals surface area contributed by atoms with Gasteiger partial charge in [-0.15, -0.1) is 0 Å². The first kappa shape index (κ1) is 13.6. The molecule has 0 radical (unpaired) electrons. The highest BCUT2D eigenvalue weighted by molar-refractivity contribution is 8.55. The van der Waals surface area contributed by atoms with Crippen molar-refractivity contribution in [1.29, 1.82) is 0 Å². The fourth-order valence-electron chi connectivity index (χ4n) is 1.11. The zero-order valence-corrected chi connectivity index (χ0v) is 11.2. The predicted octanol–water partition coefficient (Wildman–Crippen LogP) is 2.40. The van der Waals surface area contributed by atoms with Gasteiger partial charge in [0, 0.05) is 20.3 Å².